The summed E-state index contributed by atoms with van der Waals surface area (Å²) < 4.78 is 0. The van der Waals surface area contributed by atoms with E-state index in [1.807, 2.05) is 0 Å². The van der Waals surface area contributed by atoms with Crippen LogP contribution in [0.15, 0.2) is 0 Å². The Morgan fingerprint density at radius 1 is 1.11 bits per heavy atom. The molecular weight excluding hydrogens is 234 g/mol. The third-order valence-electron chi connectivity index (χ3n) is 5.47. The van der Waals surface area contributed by atoms with Crippen molar-refractivity contribution in [2.24, 2.45) is 5.92 Å². The van der Waals surface area contributed by atoms with Crippen LogP contribution in [0.5, 0.6) is 0 Å². The van der Waals surface area contributed by atoms with Crippen molar-refractivity contribution < 1.29 is 0 Å². The molecule has 110 valence electrons. The molecule has 0 bridgehead atoms. The first kappa shape index (κ1) is 13.8. The molecule has 2 aliphatic heterocycles. The van der Waals surface area contributed by atoms with Crippen LogP contribution in [0.3, 0.4) is 0 Å². The van der Waals surface area contributed by atoms with E-state index in [-0.39, 0.29) is 0 Å². The molecule has 3 rings (SSSR count). The van der Waals surface area contributed by atoms with Gasteiger partial charge in [0.15, 0.2) is 0 Å². The monoisotopic (exact) mass is 265 g/mol. The quantitative estimate of drug-likeness (QED) is 0.819. The van der Waals surface area contributed by atoms with Gasteiger partial charge in [0.2, 0.25) is 0 Å². The van der Waals surface area contributed by atoms with E-state index >= 15 is 0 Å². The fourth-order valence-corrected chi connectivity index (χ4v) is 4.36. The molecule has 3 fully saturated rings. The second-order valence-electron chi connectivity index (χ2n) is 7.06. The van der Waals surface area contributed by atoms with E-state index in [4.69, 9.17) is 0 Å². The number of rotatable bonds is 5. The summed E-state index contributed by atoms with van der Waals surface area (Å²) >= 11 is 0. The lowest BCUT2D eigenvalue weighted by molar-refractivity contribution is 0.241. The minimum atomic E-state index is 0.761. The third kappa shape index (κ3) is 3.71. The van der Waals surface area contributed by atoms with Crippen molar-refractivity contribution in [2.75, 3.05) is 39.8 Å². The zero-order chi connectivity index (χ0) is 13.1. The van der Waals surface area contributed by atoms with Crippen LogP contribution in [-0.2, 0) is 0 Å². The van der Waals surface area contributed by atoms with Gasteiger partial charge in [0, 0.05) is 31.7 Å². The highest BCUT2D eigenvalue weighted by molar-refractivity contribution is 4.93. The summed E-state index contributed by atoms with van der Waals surface area (Å²) in [6.45, 7) is 6.43. The second-order valence-corrected chi connectivity index (χ2v) is 7.06. The third-order valence-corrected chi connectivity index (χ3v) is 5.47. The van der Waals surface area contributed by atoms with Gasteiger partial charge in [0.05, 0.1) is 0 Å². The first-order chi connectivity index (χ1) is 9.31. The summed E-state index contributed by atoms with van der Waals surface area (Å²) in [6, 6.07) is 1.61. The number of hydrogen-bond donors (Lipinski definition) is 1. The normalized spacial score (nSPS) is 36.0. The van der Waals surface area contributed by atoms with Gasteiger partial charge >= 0.3 is 0 Å². The highest BCUT2D eigenvalue weighted by Gasteiger charge is 2.35. The molecule has 3 atom stereocenters. The predicted molar refractivity (Wildman–Crippen MR) is 80.5 cm³/mol. The highest BCUT2D eigenvalue weighted by Crippen LogP contribution is 2.33. The Bertz CT molecular complexity index is 261. The smallest absolute Gasteiger partial charge is 0.0200 e. The van der Waals surface area contributed by atoms with Crippen LogP contribution < -0.4 is 5.32 Å². The van der Waals surface area contributed by atoms with Gasteiger partial charge in [-0.05, 0) is 58.2 Å². The Labute approximate surface area is 118 Å². The summed E-state index contributed by atoms with van der Waals surface area (Å²) in [6.07, 6.45) is 10.1. The molecule has 0 amide bonds. The molecule has 0 spiro atoms. The number of likely N-dealkylation sites (N-methyl/N-ethyl adjacent to an activating group) is 1. The minimum absolute atomic E-state index is 0.761. The van der Waals surface area contributed by atoms with E-state index in [0.717, 1.165) is 18.0 Å². The van der Waals surface area contributed by atoms with Crippen LogP contribution in [0, 0.1) is 5.92 Å². The Kier molecular flexibility index (Phi) is 4.78. The van der Waals surface area contributed by atoms with Crippen molar-refractivity contribution in [3.63, 3.8) is 0 Å². The SMILES string of the molecule is CN(CCN1CCCC1)CC1CC2CCCCC2N1. The average molecular weight is 265 g/mol. The summed E-state index contributed by atoms with van der Waals surface area (Å²) in [4.78, 5) is 5.17. The number of nitrogens with one attached hydrogen (secondary N) is 1. The van der Waals surface area contributed by atoms with Gasteiger partial charge in [-0.25, -0.2) is 0 Å². The molecule has 1 aliphatic carbocycles. The van der Waals surface area contributed by atoms with Crippen LogP contribution in [-0.4, -0.2) is 61.7 Å². The van der Waals surface area contributed by atoms with Gasteiger partial charge in [-0.2, -0.15) is 0 Å². The molecule has 3 heteroatoms. The van der Waals surface area contributed by atoms with Crippen LogP contribution >= 0.6 is 0 Å². The molecule has 3 nitrogen and oxygen atoms in total. The van der Waals surface area contributed by atoms with E-state index in [9.17, 15) is 0 Å². The molecule has 0 radical (unpaired) electrons. The lowest BCUT2D eigenvalue weighted by Crippen LogP contribution is -2.41. The van der Waals surface area contributed by atoms with Crippen LogP contribution in [0.4, 0.5) is 0 Å². The highest BCUT2D eigenvalue weighted by atomic mass is 15.2. The molecule has 2 saturated heterocycles. The largest absolute Gasteiger partial charge is 0.310 e. The Morgan fingerprint density at radius 2 is 1.89 bits per heavy atom. The number of fused-ring (bicyclic) bond motifs is 1. The van der Waals surface area contributed by atoms with Crippen molar-refractivity contribution in [1.82, 2.24) is 15.1 Å². The molecule has 0 aromatic carbocycles. The van der Waals surface area contributed by atoms with Crippen molar-refractivity contribution in [3.8, 4) is 0 Å². The minimum Gasteiger partial charge on any atom is -0.310 e. The molecule has 3 aliphatic rings. The molecule has 1 saturated carbocycles. The van der Waals surface area contributed by atoms with Crippen molar-refractivity contribution in [3.05, 3.63) is 0 Å². The first-order valence-corrected chi connectivity index (χ1v) is 8.48. The number of nitrogens with zero attached hydrogens (tertiary/aromatic N) is 2. The molecule has 1 N–H and O–H groups in total. The predicted octanol–water partition coefficient (Wildman–Crippen LogP) is 1.93. The summed E-state index contributed by atoms with van der Waals surface area (Å²) in [5.74, 6) is 0.991. The molecular formula is C16H31N3. The van der Waals surface area contributed by atoms with Gasteiger partial charge in [0.1, 0.15) is 0 Å². The Balaban J connectivity index is 1.36. The number of likely N-dealkylation sites (tertiary alicyclic amines) is 1. The average Bonchev–Trinajstić information content (AvgIpc) is 3.04. The molecule has 2 heterocycles. The van der Waals surface area contributed by atoms with Crippen molar-refractivity contribution >= 4 is 0 Å². The molecule has 19 heavy (non-hydrogen) atoms. The summed E-state index contributed by atoms with van der Waals surface area (Å²) in [7, 11) is 2.31. The fourth-order valence-electron chi connectivity index (χ4n) is 4.36. The molecule has 3 unspecified atom stereocenters. The van der Waals surface area contributed by atoms with E-state index in [0.29, 0.717) is 0 Å². The lowest BCUT2D eigenvalue weighted by atomic mass is 9.85. The van der Waals surface area contributed by atoms with E-state index < -0.39 is 0 Å². The van der Waals surface area contributed by atoms with Crippen LogP contribution in [0.1, 0.15) is 44.9 Å². The van der Waals surface area contributed by atoms with Crippen molar-refractivity contribution in [2.45, 2.75) is 57.0 Å². The van der Waals surface area contributed by atoms with Crippen molar-refractivity contribution in [1.29, 1.82) is 0 Å². The van der Waals surface area contributed by atoms with E-state index in [2.05, 4.69) is 22.2 Å². The Hall–Kier alpha value is -0.120. The van der Waals surface area contributed by atoms with E-state index in [1.54, 1.807) is 0 Å². The topological polar surface area (TPSA) is 18.5 Å². The van der Waals surface area contributed by atoms with Gasteiger partial charge in [0.25, 0.3) is 0 Å². The van der Waals surface area contributed by atoms with Gasteiger partial charge < -0.3 is 15.1 Å². The second kappa shape index (κ2) is 6.55. The maximum Gasteiger partial charge on any atom is 0.0200 e. The van der Waals surface area contributed by atoms with Gasteiger partial charge in [-0.15, -0.1) is 0 Å². The Morgan fingerprint density at radius 3 is 2.68 bits per heavy atom. The zero-order valence-corrected chi connectivity index (χ0v) is 12.6. The molecule has 0 aromatic rings. The fraction of sp³-hybridized carbons (Fsp3) is 1.00. The maximum atomic E-state index is 3.90. The van der Waals surface area contributed by atoms with Crippen LogP contribution in [0.2, 0.25) is 0 Å². The zero-order valence-electron chi connectivity index (χ0n) is 12.6. The van der Waals surface area contributed by atoms with Gasteiger partial charge in [-0.1, -0.05) is 12.8 Å². The maximum absolute atomic E-state index is 3.90. The lowest BCUT2D eigenvalue weighted by Gasteiger charge is -2.25. The number of hydrogen-bond acceptors (Lipinski definition) is 3. The summed E-state index contributed by atoms with van der Waals surface area (Å²) in [5, 5.41) is 3.90. The standard InChI is InChI=1S/C16H31N3/c1-18(10-11-19-8-4-5-9-19)13-15-12-14-6-2-3-7-16(14)17-15/h14-17H,2-13H2,1H3. The molecule has 0 aromatic heterocycles. The summed E-state index contributed by atoms with van der Waals surface area (Å²) in [5.41, 5.74) is 0. The first-order valence-electron chi connectivity index (χ1n) is 8.48. The van der Waals surface area contributed by atoms with E-state index in [1.165, 1.54) is 77.7 Å². The van der Waals surface area contributed by atoms with Crippen LogP contribution in [0.25, 0.3) is 0 Å². The van der Waals surface area contributed by atoms with Gasteiger partial charge in [-0.3, -0.25) is 0 Å².